The fourth-order valence-electron chi connectivity index (χ4n) is 1.26. The van der Waals surface area contributed by atoms with Crippen LogP contribution in [0.3, 0.4) is 0 Å². The van der Waals surface area contributed by atoms with Gasteiger partial charge in [0.2, 0.25) is 0 Å². The van der Waals surface area contributed by atoms with E-state index in [1.54, 1.807) is 23.7 Å². The Morgan fingerprint density at radius 1 is 1.57 bits per heavy atom. The molecule has 0 spiro atoms. The van der Waals surface area contributed by atoms with Crippen molar-refractivity contribution in [3.63, 3.8) is 0 Å². The predicted octanol–water partition coefficient (Wildman–Crippen LogP) is 3.49. The highest BCUT2D eigenvalue weighted by molar-refractivity contribution is 9.10. The lowest BCUT2D eigenvalue weighted by atomic mass is 10.1. The molecule has 0 aliphatic heterocycles. The molecule has 0 saturated heterocycles. The van der Waals surface area contributed by atoms with E-state index < -0.39 is 6.10 Å². The average molecular weight is 273 g/mol. The Bertz CT molecular complexity index is 433. The van der Waals surface area contributed by atoms with Gasteiger partial charge in [0.1, 0.15) is 6.10 Å². The van der Waals surface area contributed by atoms with Crippen molar-refractivity contribution >= 4 is 27.3 Å². The Hall–Kier alpha value is -0.580. The van der Waals surface area contributed by atoms with Gasteiger partial charge >= 0.3 is 0 Å². The molecule has 0 amide bonds. The zero-order valence-corrected chi connectivity index (χ0v) is 9.93. The van der Waals surface area contributed by atoms with Crippen molar-refractivity contribution in [2.45, 2.75) is 13.0 Å². The molecule has 0 radical (unpaired) electrons. The van der Waals surface area contributed by atoms with Crippen LogP contribution in [-0.4, -0.2) is 5.11 Å². The molecule has 0 aliphatic rings. The van der Waals surface area contributed by atoms with Crippen molar-refractivity contribution in [2.75, 3.05) is 0 Å². The Morgan fingerprint density at radius 3 is 2.86 bits per heavy atom. The first kappa shape index (κ1) is 9.96. The summed E-state index contributed by atoms with van der Waals surface area (Å²) in [4.78, 5) is 1.18. The molecule has 14 heavy (non-hydrogen) atoms. The molecule has 1 atom stereocenters. The second kappa shape index (κ2) is 3.88. The van der Waals surface area contributed by atoms with Crippen LogP contribution in [0.2, 0.25) is 0 Å². The Balaban J connectivity index is 2.33. The highest BCUT2D eigenvalue weighted by Crippen LogP contribution is 2.31. The van der Waals surface area contributed by atoms with Crippen LogP contribution >= 0.6 is 27.3 Å². The smallest absolute Gasteiger partial charge is 0.150 e. The van der Waals surface area contributed by atoms with E-state index in [2.05, 4.69) is 15.9 Å². The summed E-state index contributed by atoms with van der Waals surface area (Å²) < 4.78 is 6.00. The van der Waals surface area contributed by atoms with Crippen LogP contribution < -0.4 is 0 Å². The summed E-state index contributed by atoms with van der Waals surface area (Å²) in [6.07, 6.45) is 0.881. The largest absolute Gasteiger partial charge is 0.465 e. The van der Waals surface area contributed by atoms with Gasteiger partial charge in [-0.1, -0.05) is 0 Å². The third kappa shape index (κ3) is 1.78. The first-order chi connectivity index (χ1) is 6.68. The minimum atomic E-state index is -0.677. The van der Waals surface area contributed by atoms with E-state index in [1.165, 1.54) is 4.88 Å². The van der Waals surface area contributed by atoms with Crippen LogP contribution in [0, 0.1) is 6.92 Å². The molecule has 1 unspecified atom stereocenters. The maximum Gasteiger partial charge on any atom is 0.150 e. The highest BCUT2D eigenvalue weighted by Gasteiger charge is 2.17. The van der Waals surface area contributed by atoms with E-state index in [-0.39, 0.29) is 0 Å². The molecule has 0 bridgehead atoms. The van der Waals surface area contributed by atoms with E-state index in [0.29, 0.717) is 5.76 Å². The van der Waals surface area contributed by atoms with Crippen LogP contribution in [-0.2, 0) is 0 Å². The zero-order chi connectivity index (χ0) is 10.1. The number of aryl methyl sites for hydroxylation is 1. The van der Waals surface area contributed by atoms with Gasteiger partial charge in [0, 0.05) is 4.88 Å². The van der Waals surface area contributed by atoms with Crippen molar-refractivity contribution < 1.29 is 9.52 Å². The van der Waals surface area contributed by atoms with E-state index in [0.717, 1.165) is 10.0 Å². The molecule has 0 fully saturated rings. The highest BCUT2D eigenvalue weighted by atomic mass is 79.9. The molecule has 2 aromatic heterocycles. The van der Waals surface area contributed by atoms with Gasteiger partial charge in [-0.2, -0.15) is 0 Å². The van der Waals surface area contributed by atoms with E-state index in [1.807, 2.05) is 18.4 Å². The summed E-state index contributed by atoms with van der Waals surface area (Å²) in [7, 11) is 0. The lowest BCUT2D eigenvalue weighted by Gasteiger charge is -2.05. The van der Waals surface area contributed by atoms with Crippen LogP contribution in [0.1, 0.15) is 22.3 Å². The first-order valence-corrected chi connectivity index (χ1v) is 5.81. The van der Waals surface area contributed by atoms with Crippen LogP contribution in [0.25, 0.3) is 0 Å². The van der Waals surface area contributed by atoms with Crippen molar-refractivity contribution in [3.05, 3.63) is 44.4 Å². The van der Waals surface area contributed by atoms with Gasteiger partial charge in [0.05, 0.1) is 10.7 Å². The molecular weight excluding hydrogens is 264 g/mol. The van der Waals surface area contributed by atoms with Crippen molar-refractivity contribution in [1.82, 2.24) is 0 Å². The topological polar surface area (TPSA) is 33.4 Å². The molecule has 0 aliphatic carbocycles. The van der Waals surface area contributed by atoms with Gasteiger partial charge in [0.15, 0.2) is 5.76 Å². The lowest BCUT2D eigenvalue weighted by molar-refractivity contribution is 0.188. The summed E-state index contributed by atoms with van der Waals surface area (Å²) >= 11 is 4.94. The van der Waals surface area contributed by atoms with Gasteiger partial charge in [0.25, 0.3) is 0 Å². The lowest BCUT2D eigenvalue weighted by Crippen LogP contribution is -1.96. The summed E-state index contributed by atoms with van der Waals surface area (Å²) in [5, 5.41) is 11.9. The Morgan fingerprint density at radius 2 is 2.36 bits per heavy atom. The summed E-state index contributed by atoms with van der Waals surface area (Å²) in [5.74, 6) is 0.558. The molecule has 0 saturated carbocycles. The Labute approximate surface area is 94.3 Å². The number of furan rings is 1. The van der Waals surface area contributed by atoms with Gasteiger partial charge in [-0.15, -0.1) is 11.3 Å². The number of thiophene rings is 1. The molecule has 1 N–H and O–H groups in total. The fourth-order valence-corrected chi connectivity index (χ4v) is 2.40. The third-order valence-corrected chi connectivity index (χ3v) is 3.49. The van der Waals surface area contributed by atoms with Gasteiger partial charge < -0.3 is 9.52 Å². The van der Waals surface area contributed by atoms with Crippen LogP contribution in [0.15, 0.2) is 32.7 Å². The Kier molecular flexibility index (Phi) is 2.76. The third-order valence-electron chi connectivity index (χ3n) is 1.96. The van der Waals surface area contributed by atoms with Gasteiger partial charge in [-0.05, 0) is 45.9 Å². The van der Waals surface area contributed by atoms with E-state index in [9.17, 15) is 5.11 Å². The second-order valence-corrected chi connectivity index (χ2v) is 5.00. The zero-order valence-electron chi connectivity index (χ0n) is 7.53. The quantitative estimate of drug-likeness (QED) is 0.908. The molecule has 2 rings (SSSR count). The first-order valence-electron chi connectivity index (χ1n) is 4.14. The molecule has 0 aromatic carbocycles. The van der Waals surface area contributed by atoms with Crippen molar-refractivity contribution in [1.29, 1.82) is 0 Å². The fraction of sp³-hybridized carbons (Fsp3) is 0.200. The minimum absolute atomic E-state index is 0.558. The molecule has 2 nitrogen and oxygen atoms in total. The standard InChI is InChI=1S/C10H9BrO2S/c1-6-4-7(5-14-6)9(12)10-8(11)2-3-13-10/h2-5,9,12H,1H3. The molecule has 2 heterocycles. The number of aliphatic hydroxyl groups is 1. The predicted molar refractivity (Wildman–Crippen MR) is 59.5 cm³/mol. The van der Waals surface area contributed by atoms with Crippen molar-refractivity contribution in [2.24, 2.45) is 0 Å². The van der Waals surface area contributed by atoms with Gasteiger partial charge in [-0.3, -0.25) is 0 Å². The average Bonchev–Trinajstić information content (AvgIpc) is 2.73. The van der Waals surface area contributed by atoms with Crippen LogP contribution in [0.4, 0.5) is 0 Å². The van der Waals surface area contributed by atoms with E-state index >= 15 is 0 Å². The van der Waals surface area contributed by atoms with Crippen LogP contribution in [0.5, 0.6) is 0 Å². The minimum Gasteiger partial charge on any atom is -0.465 e. The molecule has 74 valence electrons. The SMILES string of the molecule is Cc1cc(C(O)c2occc2Br)cs1. The number of rotatable bonds is 2. The van der Waals surface area contributed by atoms with E-state index in [4.69, 9.17) is 4.42 Å². The molecular formula is C10H9BrO2S. The normalized spacial score (nSPS) is 13.1. The maximum atomic E-state index is 9.96. The summed E-state index contributed by atoms with van der Waals surface area (Å²) in [6, 6.07) is 3.74. The number of aliphatic hydroxyl groups excluding tert-OH is 1. The number of hydrogen-bond donors (Lipinski definition) is 1. The molecule has 4 heteroatoms. The number of halogens is 1. The number of hydrogen-bond acceptors (Lipinski definition) is 3. The van der Waals surface area contributed by atoms with Gasteiger partial charge in [-0.25, -0.2) is 0 Å². The second-order valence-electron chi connectivity index (χ2n) is 3.03. The summed E-state index contributed by atoms with van der Waals surface area (Å²) in [6.45, 7) is 2.01. The summed E-state index contributed by atoms with van der Waals surface area (Å²) in [5.41, 5.74) is 0.878. The monoisotopic (exact) mass is 272 g/mol. The maximum absolute atomic E-state index is 9.96. The molecule has 2 aromatic rings. The van der Waals surface area contributed by atoms with Crippen molar-refractivity contribution in [3.8, 4) is 0 Å².